The standard InChI is InChI=1S/C15H19FN2OS/c1-15(2,3)18-7-11-6-12(16)4-5-14(11)19-8-13-9-20-10-17-13/h4-6,9-10,18H,7-8H2,1-3H3. The first kappa shape index (κ1) is 14.9. The van der Waals surface area contributed by atoms with Gasteiger partial charge in [-0.1, -0.05) is 0 Å². The highest BCUT2D eigenvalue weighted by atomic mass is 32.1. The first-order valence-electron chi connectivity index (χ1n) is 6.47. The van der Waals surface area contributed by atoms with Crippen LogP contribution in [-0.2, 0) is 13.2 Å². The summed E-state index contributed by atoms with van der Waals surface area (Å²) in [5.41, 5.74) is 3.44. The smallest absolute Gasteiger partial charge is 0.131 e. The fourth-order valence-electron chi connectivity index (χ4n) is 1.65. The first-order valence-corrected chi connectivity index (χ1v) is 7.42. The van der Waals surface area contributed by atoms with E-state index in [1.807, 2.05) is 5.38 Å². The van der Waals surface area contributed by atoms with Gasteiger partial charge in [0.25, 0.3) is 0 Å². The highest BCUT2D eigenvalue weighted by Gasteiger charge is 2.12. The van der Waals surface area contributed by atoms with Crippen LogP contribution in [0.2, 0.25) is 0 Å². The summed E-state index contributed by atoms with van der Waals surface area (Å²) < 4.78 is 19.1. The first-order chi connectivity index (χ1) is 9.44. The van der Waals surface area contributed by atoms with E-state index < -0.39 is 0 Å². The molecule has 1 aromatic heterocycles. The van der Waals surface area contributed by atoms with Crippen LogP contribution in [0, 0.1) is 5.82 Å². The van der Waals surface area contributed by atoms with Crippen LogP contribution < -0.4 is 10.1 Å². The van der Waals surface area contributed by atoms with Gasteiger partial charge in [0.05, 0.1) is 11.2 Å². The van der Waals surface area contributed by atoms with Crippen molar-refractivity contribution < 1.29 is 9.13 Å². The molecule has 20 heavy (non-hydrogen) atoms. The number of benzene rings is 1. The zero-order valence-corrected chi connectivity index (χ0v) is 12.8. The molecule has 1 N–H and O–H groups in total. The summed E-state index contributed by atoms with van der Waals surface area (Å²) in [5.74, 6) is 0.438. The van der Waals surface area contributed by atoms with Gasteiger partial charge in [-0.15, -0.1) is 11.3 Å². The highest BCUT2D eigenvalue weighted by molar-refractivity contribution is 7.07. The van der Waals surface area contributed by atoms with Gasteiger partial charge in [0.15, 0.2) is 0 Å². The van der Waals surface area contributed by atoms with E-state index in [2.05, 4.69) is 31.1 Å². The molecule has 5 heteroatoms. The van der Waals surface area contributed by atoms with E-state index in [4.69, 9.17) is 4.74 Å². The lowest BCUT2D eigenvalue weighted by Gasteiger charge is -2.21. The van der Waals surface area contributed by atoms with E-state index in [0.29, 0.717) is 18.9 Å². The molecule has 0 fully saturated rings. The maximum absolute atomic E-state index is 13.4. The third-order valence-corrected chi connectivity index (χ3v) is 3.33. The summed E-state index contributed by atoms with van der Waals surface area (Å²) >= 11 is 1.53. The van der Waals surface area contributed by atoms with Crippen LogP contribution >= 0.6 is 11.3 Å². The van der Waals surface area contributed by atoms with Gasteiger partial charge in [-0.25, -0.2) is 9.37 Å². The normalized spacial score (nSPS) is 11.6. The molecule has 0 amide bonds. The molecule has 0 bridgehead atoms. The van der Waals surface area contributed by atoms with Crippen molar-refractivity contribution in [3.63, 3.8) is 0 Å². The highest BCUT2D eigenvalue weighted by Crippen LogP contribution is 2.21. The maximum Gasteiger partial charge on any atom is 0.131 e. The second-order valence-electron chi connectivity index (χ2n) is 5.62. The quantitative estimate of drug-likeness (QED) is 0.912. The van der Waals surface area contributed by atoms with Gasteiger partial charge in [0, 0.05) is 23.0 Å². The zero-order chi connectivity index (χ0) is 14.6. The Morgan fingerprint density at radius 1 is 1.35 bits per heavy atom. The van der Waals surface area contributed by atoms with E-state index in [9.17, 15) is 4.39 Å². The van der Waals surface area contributed by atoms with Crippen LogP contribution in [0.15, 0.2) is 29.1 Å². The van der Waals surface area contributed by atoms with E-state index in [1.54, 1.807) is 11.6 Å². The SMILES string of the molecule is CC(C)(C)NCc1cc(F)ccc1OCc1cscn1. The monoisotopic (exact) mass is 294 g/mol. The van der Waals surface area contributed by atoms with Crippen LogP contribution in [0.25, 0.3) is 0 Å². The van der Waals surface area contributed by atoms with Gasteiger partial charge in [-0.3, -0.25) is 0 Å². The van der Waals surface area contributed by atoms with Crippen molar-refractivity contribution in [2.75, 3.05) is 0 Å². The molecule has 0 aliphatic carbocycles. The Bertz CT molecular complexity index is 549. The molecule has 0 aliphatic rings. The predicted octanol–water partition coefficient (Wildman–Crippen LogP) is 3.75. The lowest BCUT2D eigenvalue weighted by Crippen LogP contribution is -2.35. The van der Waals surface area contributed by atoms with E-state index in [0.717, 1.165) is 11.3 Å². The average Bonchev–Trinajstić information content (AvgIpc) is 2.87. The van der Waals surface area contributed by atoms with Crippen molar-refractivity contribution in [1.29, 1.82) is 0 Å². The van der Waals surface area contributed by atoms with Crippen molar-refractivity contribution >= 4 is 11.3 Å². The number of aromatic nitrogens is 1. The third kappa shape index (κ3) is 4.58. The molecule has 0 saturated carbocycles. The van der Waals surface area contributed by atoms with Crippen molar-refractivity contribution in [2.24, 2.45) is 0 Å². The van der Waals surface area contributed by atoms with Crippen LogP contribution in [0.3, 0.4) is 0 Å². The molecular formula is C15H19FN2OS. The van der Waals surface area contributed by atoms with Crippen LogP contribution in [0.5, 0.6) is 5.75 Å². The minimum absolute atomic E-state index is 0.0293. The fraction of sp³-hybridized carbons (Fsp3) is 0.400. The van der Waals surface area contributed by atoms with E-state index in [1.165, 1.54) is 23.5 Å². The van der Waals surface area contributed by atoms with Gasteiger partial charge < -0.3 is 10.1 Å². The van der Waals surface area contributed by atoms with Gasteiger partial charge in [-0.05, 0) is 39.0 Å². The molecule has 2 rings (SSSR count). The number of nitrogens with zero attached hydrogens (tertiary/aromatic N) is 1. The molecule has 108 valence electrons. The lowest BCUT2D eigenvalue weighted by molar-refractivity contribution is 0.295. The minimum atomic E-state index is -0.253. The van der Waals surface area contributed by atoms with Gasteiger partial charge in [0.2, 0.25) is 0 Å². The number of hydrogen-bond donors (Lipinski definition) is 1. The Morgan fingerprint density at radius 3 is 2.80 bits per heavy atom. The predicted molar refractivity (Wildman–Crippen MR) is 79.4 cm³/mol. The summed E-state index contributed by atoms with van der Waals surface area (Å²) in [6, 6.07) is 4.59. The van der Waals surface area contributed by atoms with Gasteiger partial charge in [0.1, 0.15) is 18.2 Å². The zero-order valence-electron chi connectivity index (χ0n) is 11.9. The number of rotatable bonds is 5. The number of nitrogens with one attached hydrogen (secondary N) is 1. The number of halogens is 1. The molecule has 1 aromatic carbocycles. The minimum Gasteiger partial charge on any atom is -0.487 e. The summed E-state index contributed by atoms with van der Waals surface area (Å²) in [5, 5.41) is 5.28. The molecule has 0 spiro atoms. The number of ether oxygens (including phenoxy) is 1. The molecule has 0 aliphatic heterocycles. The van der Waals surface area contributed by atoms with E-state index >= 15 is 0 Å². The Hall–Kier alpha value is -1.46. The Kier molecular flexibility index (Phi) is 4.73. The summed E-state index contributed by atoms with van der Waals surface area (Å²) in [7, 11) is 0. The summed E-state index contributed by atoms with van der Waals surface area (Å²) in [6.07, 6.45) is 0. The lowest BCUT2D eigenvalue weighted by atomic mass is 10.1. The maximum atomic E-state index is 13.4. The third-order valence-electron chi connectivity index (χ3n) is 2.69. The Labute approximate surface area is 122 Å². The molecule has 0 atom stereocenters. The molecule has 2 aromatic rings. The van der Waals surface area contributed by atoms with Crippen molar-refractivity contribution in [3.05, 3.63) is 46.2 Å². The topological polar surface area (TPSA) is 34.1 Å². The van der Waals surface area contributed by atoms with E-state index in [-0.39, 0.29) is 11.4 Å². The Balaban J connectivity index is 2.07. The van der Waals surface area contributed by atoms with Gasteiger partial charge >= 0.3 is 0 Å². The van der Waals surface area contributed by atoms with Crippen LogP contribution in [0.4, 0.5) is 4.39 Å². The number of hydrogen-bond acceptors (Lipinski definition) is 4. The molecular weight excluding hydrogens is 275 g/mol. The fourth-order valence-corrected chi connectivity index (χ4v) is 2.19. The molecule has 0 radical (unpaired) electrons. The van der Waals surface area contributed by atoms with Crippen LogP contribution in [-0.4, -0.2) is 10.5 Å². The average molecular weight is 294 g/mol. The van der Waals surface area contributed by atoms with Gasteiger partial charge in [-0.2, -0.15) is 0 Å². The molecule has 1 heterocycles. The van der Waals surface area contributed by atoms with Crippen LogP contribution in [0.1, 0.15) is 32.0 Å². The number of thiazole rings is 1. The molecule has 3 nitrogen and oxygen atoms in total. The molecule has 0 saturated heterocycles. The Morgan fingerprint density at radius 2 is 2.15 bits per heavy atom. The summed E-state index contributed by atoms with van der Waals surface area (Å²) in [4.78, 5) is 4.17. The van der Waals surface area contributed by atoms with Crippen molar-refractivity contribution in [3.8, 4) is 5.75 Å². The van der Waals surface area contributed by atoms with Crippen molar-refractivity contribution in [2.45, 2.75) is 39.5 Å². The largest absolute Gasteiger partial charge is 0.487 e. The van der Waals surface area contributed by atoms with Crippen molar-refractivity contribution in [1.82, 2.24) is 10.3 Å². The summed E-state index contributed by atoms with van der Waals surface area (Å²) in [6.45, 7) is 7.18. The second kappa shape index (κ2) is 6.33. The second-order valence-corrected chi connectivity index (χ2v) is 6.34. The molecule has 0 unspecified atom stereocenters.